The first-order valence-electron chi connectivity index (χ1n) is 5.54. The number of halogens is 1. The number of benzene rings is 1. The first-order valence-corrected chi connectivity index (χ1v) is 7.58. The van der Waals surface area contributed by atoms with Crippen molar-refractivity contribution in [3.8, 4) is 0 Å². The summed E-state index contributed by atoms with van der Waals surface area (Å²) < 4.78 is 25.4. The summed E-state index contributed by atoms with van der Waals surface area (Å²) in [4.78, 5) is 0. The van der Waals surface area contributed by atoms with Gasteiger partial charge >= 0.3 is 0 Å². The van der Waals surface area contributed by atoms with Crippen LogP contribution in [0.4, 0.5) is 0 Å². The lowest BCUT2D eigenvalue weighted by Gasteiger charge is -2.17. The van der Waals surface area contributed by atoms with Gasteiger partial charge in [-0.05, 0) is 18.9 Å². The molecule has 0 aromatic heterocycles. The summed E-state index contributed by atoms with van der Waals surface area (Å²) in [6.45, 7) is 2.32. The summed E-state index contributed by atoms with van der Waals surface area (Å²) in [6, 6.07) is 9.18. The van der Waals surface area contributed by atoms with Crippen LogP contribution in [-0.4, -0.2) is 31.7 Å². The first kappa shape index (κ1) is 14.5. The summed E-state index contributed by atoms with van der Waals surface area (Å²) in [7, 11) is -1.64. The molecular weight excluding hydrogens is 258 g/mol. The second kappa shape index (κ2) is 6.38. The molecule has 0 radical (unpaired) electrons. The molecule has 0 saturated heterocycles. The maximum atomic E-state index is 12.0. The van der Waals surface area contributed by atoms with Gasteiger partial charge in [0.1, 0.15) is 0 Å². The van der Waals surface area contributed by atoms with Gasteiger partial charge in [-0.25, -0.2) is 12.7 Å². The van der Waals surface area contributed by atoms with E-state index in [1.165, 1.54) is 4.31 Å². The summed E-state index contributed by atoms with van der Waals surface area (Å²) in [5.41, 5.74) is 0.804. The lowest BCUT2D eigenvalue weighted by molar-refractivity contribution is 0.460. The molecule has 3 nitrogen and oxygen atoms in total. The van der Waals surface area contributed by atoms with Crippen molar-refractivity contribution in [2.45, 2.75) is 24.5 Å². The van der Waals surface area contributed by atoms with Crippen molar-refractivity contribution in [1.29, 1.82) is 0 Å². The second-order valence-electron chi connectivity index (χ2n) is 4.13. The lowest BCUT2D eigenvalue weighted by atomic mass is 10.2. The van der Waals surface area contributed by atoms with Crippen molar-refractivity contribution < 1.29 is 8.42 Å². The van der Waals surface area contributed by atoms with Crippen molar-refractivity contribution >= 4 is 21.6 Å². The number of hydrogen-bond donors (Lipinski definition) is 0. The number of alkyl halides is 1. The maximum Gasteiger partial charge on any atom is 0.218 e. The molecule has 0 bridgehead atoms. The number of sulfonamides is 1. The fourth-order valence-electron chi connectivity index (χ4n) is 1.39. The largest absolute Gasteiger partial charge is 0.218 e. The minimum Gasteiger partial charge on any atom is -0.212 e. The highest BCUT2D eigenvalue weighted by Gasteiger charge is 2.18. The summed E-state index contributed by atoms with van der Waals surface area (Å²) in [5, 5.41) is -0.00984. The Hall–Kier alpha value is -0.580. The van der Waals surface area contributed by atoms with Crippen LogP contribution in [0.5, 0.6) is 0 Å². The Kier molecular flexibility index (Phi) is 5.43. The molecule has 1 aromatic carbocycles. The molecule has 0 amide bonds. The summed E-state index contributed by atoms with van der Waals surface area (Å²) >= 11 is 5.81. The van der Waals surface area contributed by atoms with Gasteiger partial charge in [0.15, 0.2) is 0 Å². The smallest absolute Gasteiger partial charge is 0.212 e. The predicted octanol–water partition coefficient (Wildman–Crippen LogP) is 2.47. The van der Waals surface area contributed by atoms with Crippen molar-refractivity contribution in [1.82, 2.24) is 4.31 Å². The molecular formula is C12H18ClNO2S. The van der Waals surface area contributed by atoms with Crippen LogP contribution < -0.4 is 0 Å². The summed E-state index contributed by atoms with van der Waals surface area (Å²) in [5.74, 6) is 0.0427. The molecule has 1 unspecified atom stereocenters. The minimum absolute atomic E-state index is 0.00984. The van der Waals surface area contributed by atoms with E-state index in [4.69, 9.17) is 11.6 Å². The van der Waals surface area contributed by atoms with Crippen LogP contribution in [0.15, 0.2) is 30.3 Å². The van der Waals surface area contributed by atoms with E-state index < -0.39 is 10.0 Å². The Balaban J connectivity index is 2.62. The van der Waals surface area contributed by atoms with Crippen molar-refractivity contribution in [3.05, 3.63) is 35.9 Å². The van der Waals surface area contributed by atoms with Crippen molar-refractivity contribution in [2.75, 3.05) is 13.6 Å². The molecule has 1 rings (SSSR count). The van der Waals surface area contributed by atoms with Gasteiger partial charge in [0.05, 0.1) is 5.75 Å². The standard InChI is InChI=1S/C12H18ClNO2S/c1-11(13)8-9-14(2)17(15,16)10-12-6-4-3-5-7-12/h3-7,11H,8-10H2,1-2H3. The maximum absolute atomic E-state index is 12.0. The molecule has 17 heavy (non-hydrogen) atoms. The first-order chi connectivity index (χ1) is 7.92. The highest BCUT2D eigenvalue weighted by molar-refractivity contribution is 7.88. The second-order valence-corrected chi connectivity index (χ2v) is 6.95. The van der Waals surface area contributed by atoms with E-state index in [1.54, 1.807) is 7.05 Å². The zero-order valence-corrected chi connectivity index (χ0v) is 11.7. The fourth-order valence-corrected chi connectivity index (χ4v) is 2.71. The normalized spacial score (nSPS) is 13.9. The average molecular weight is 276 g/mol. The van der Waals surface area contributed by atoms with Crippen LogP contribution in [0.2, 0.25) is 0 Å². The minimum atomic E-state index is -3.23. The summed E-state index contributed by atoms with van der Waals surface area (Å²) in [6.07, 6.45) is 0.659. The lowest BCUT2D eigenvalue weighted by Crippen LogP contribution is -2.30. The van der Waals surface area contributed by atoms with Gasteiger partial charge in [0.25, 0.3) is 0 Å². The highest BCUT2D eigenvalue weighted by atomic mass is 35.5. The molecule has 5 heteroatoms. The molecule has 0 saturated carbocycles. The van der Waals surface area contributed by atoms with Crippen LogP contribution in [0.25, 0.3) is 0 Å². The van der Waals surface area contributed by atoms with E-state index in [0.717, 1.165) is 5.56 Å². The van der Waals surface area contributed by atoms with Gasteiger partial charge in [-0.3, -0.25) is 0 Å². The van der Waals surface area contributed by atoms with E-state index in [-0.39, 0.29) is 11.1 Å². The SMILES string of the molecule is CC(Cl)CCN(C)S(=O)(=O)Cc1ccccc1. The molecule has 0 spiro atoms. The fraction of sp³-hybridized carbons (Fsp3) is 0.500. The third-order valence-electron chi connectivity index (χ3n) is 2.51. The monoisotopic (exact) mass is 275 g/mol. The Morgan fingerprint density at radius 2 is 1.88 bits per heavy atom. The van der Waals surface area contributed by atoms with Gasteiger partial charge < -0.3 is 0 Å². The zero-order chi connectivity index (χ0) is 12.9. The van der Waals surface area contributed by atoms with Gasteiger partial charge in [-0.2, -0.15) is 0 Å². The van der Waals surface area contributed by atoms with Crippen molar-refractivity contribution in [2.24, 2.45) is 0 Å². The van der Waals surface area contributed by atoms with Gasteiger partial charge in [0, 0.05) is 19.0 Å². The molecule has 96 valence electrons. The van der Waals surface area contributed by atoms with E-state index in [1.807, 2.05) is 37.3 Å². The Bertz CT molecular complexity index is 431. The molecule has 1 atom stereocenters. The Labute approximate surface area is 108 Å². The third-order valence-corrected chi connectivity index (χ3v) is 4.56. The zero-order valence-electron chi connectivity index (χ0n) is 10.1. The molecule has 0 aliphatic rings. The molecule has 0 aliphatic heterocycles. The predicted molar refractivity (Wildman–Crippen MR) is 71.6 cm³/mol. The third kappa shape index (κ3) is 5.06. The quantitative estimate of drug-likeness (QED) is 0.748. The average Bonchev–Trinajstić information content (AvgIpc) is 2.26. The Morgan fingerprint density at radius 3 is 2.41 bits per heavy atom. The van der Waals surface area contributed by atoms with Crippen LogP contribution in [0, 0.1) is 0 Å². The van der Waals surface area contributed by atoms with Crippen LogP contribution in [-0.2, 0) is 15.8 Å². The van der Waals surface area contributed by atoms with Gasteiger partial charge in [-0.1, -0.05) is 30.3 Å². The van der Waals surface area contributed by atoms with Crippen LogP contribution >= 0.6 is 11.6 Å². The van der Waals surface area contributed by atoms with E-state index >= 15 is 0 Å². The number of hydrogen-bond acceptors (Lipinski definition) is 2. The van der Waals surface area contributed by atoms with E-state index in [2.05, 4.69) is 0 Å². The molecule has 0 heterocycles. The topological polar surface area (TPSA) is 37.4 Å². The van der Waals surface area contributed by atoms with E-state index in [0.29, 0.717) is 13.0 Å². The Morgan fingerprint density at radius 1 is 1.29 bits per heavy atom. The van der Waals surface area contributed by atoms with Crippen LogP contribution in [0.3, 0.4) is 0 Å². The highest BCUT2D eigenvalue weighted by Crippen LogP contribution is 2.11. The van der Waals surface area contributed by atoms with Crippen molar-refractivity contribution in [3.63, 3.8) is 0 Å². The van der Waals surface area contributed by atoms with Crippen LogP contribution in [0.1, 0.15) is 18.9 Å². The van der Waals surface area contributed by atoms with Gasteiger partial charge in [0.2, 0.25) is 10.0 Å². The molecule has 0 N–H and O–H groups in total. The molecule has 1 aromatic rings. The molecule has 0 aliphatic carbocycles. The molecule has 0 fully saturated rings. The number of rotatable bonds is 6. The number of nitrogens with zero attached hydrogens (tertiary/aromatic N) is 1. The van der Waals surface area contributed by atoms with E-state index in [9.17, 15) is 8.42 Å². The van der Waals surface area contributed by atoms with Gasteiger partial charge in [-0.15, -0.1) is 11.6 Å².